The number of amides is 1. The standard InChI is InChI=1S/C28H33N5O/c1-28(2,3)32-26-24(20-11-10-18-7-4-5-8-19(18)17-20)31-25-23(9-6-16-33(25)26)27(34)30-22-14-12-21(29)13-15-22/h4-11,16-17,21-22,32H,12-15,29H2,1-3H3,(H,30,34). The quantitative estimate of drug-likeness (QED) is 0.386. The van der Waals surface area contributed by atoms with Gasteiger partial charge < -0.3 is 16.4 Å². The second-order valence-electron chi connectivity index (χ2n) is 10.4. The molecule has 2 heterocycles. The van der Waals surface area contributed by atoms with Crippen LogP contribution in [-0.4, -0.2) is 32.9 Å². The first-order valence-corrected chi connectivity index (χ1v) is 12.1. The van der Waals surface area contributed by atoms with Gasteiger partial charge in [-0.15, -0.1) is 0 Å². The molecule has 2 aromatic carbocycles. The number of anilines is 1. The van der Waals surface area contributed by atoms with Crippen molar-refractivity contribution in [2.24, 2.45) is 5.73 Å². The molecule has 4 N–H and O–H groups in total. The molecule has 0 radical (unpaired) electrons. The first-order valence-electron chi connectivity index (χ1n) is 12.1. The number of carbonyl (C=O) groups excluding carboxylic acids is 1. The van der Waals surface area contributed by atoms with E-state index in [9.17, 15) is 4.79 Å². The molecule has 34 heavy (non-hydrogen) atoms. The van der Waals surface area contributed by atoms with Crippen LogP contribution < -0.4 is 16.4 Å². The van der Waals surface area contributed by atoms with Crippen LogP contribution in [0.4, 0.5) is 5.82 Å². The van der Waals surface area contributed by atoms with Gasteiger partial charge in [0.25, 0.3) is 5.91 Å². The Morgan fingerprint density at radius 1 is 1.00 bits per heavy atom. The first kappa shape index (κ1) is 22.4. The molecular formula is C28H33N5O. The predicted molar refractivity (Wildman–Crippen MR) is 139 cm³/mol. The highest BCUT2D eigenvalue weighted by molar-refractivity contribution is 6.01. The molecule has 5 rings (SSSR count). The monoisotopic (exact) mass is 455 g/mol. The number of carbonyl (C=O) groups is 1. The van der Waals surface area contributed by atoms with E-state index in [-0.39, 0.29) is 23.5 Å². The largest absolute Gasteiger partial charge is 0.365 e. The molecule has 1 fully saturated rings. The van der Waals surface area contributed by atoms with Gasteiger partial charge in [-0.2, -0.15) is 0 Å². The summed E-state index contributed by atoms with van der Waals surface area (Å²) >= 11 is 0. The fourth-order valence-electron chi connectivity index (χ4n) is 4.78. The number of imidazole rings is 1. The zero-order valence-corrected chi connectivity index (χ0v) is 20.1. The van der Waals surface area contributed by atoms with E-state index < -0.39 is 0 Å². The molecule has 0 bridgehead atoms. The van der Waals surface area contributed by atoms with Gasteiger partial charge in [-0.25, -0.2) is 4.98 Å². The van der Waals surface area contributed by atoms with Gasteiger partial charge in [0.1, 0.15) is 11.5 Å². The summed E-state index contributed by atoms with van der Waals surface area (Å²) in [7, 11) is 0. The van der Waals surface area contributed by atoms with Crippen molar-refractivity contribution in [3.05, 3.63) is 66.4 Å². The smallest absolute Gasteiger partial charge is 0.255 e. The highest BCUT2D eigenvalue weighted by Crippen LogP contribution is 2.33. The topological polar surface area (TPSA) is 84.5 Å². The lowest BCUT2D eigenvalue weighted by molar-refractivity contribution is 0.0927. The summed E-state index contributed by atoms with van der Waals surface area (Å²) in [6.07, 6.45) is 5.71. The van der Waals surface area contributed by atoms with Gasteiger partial charge in [0.05, 0.1) is 5.56 Å². The number of nitrogens with one attached hydrogen (secondary N) is 2. The number of fused-ring (bicyclic) bond motifs is 2. The van der Waals surface area contributed by atoms with Gasteiger partial charge in [0.2, 0.25) is 0 Å². The lowest BCUT2D eigenvalue weighted by Gasteiger charge is -2.26. The van der Waals surface area contributed by atoms with Crippen molar-refractivity contribution in [2.45, 2.75) is 64.1 Å². The average molecular weight is 456 g/mol. The van der Waals surface area contributed by atoms with Crippen LogP contribution in [0.2, 0.25) is 0 Å². The molecule has 2 aromatic heterocycles. The lowest BCUT2D eigenvalue weighted by Crippen LogP contribution is -2.40. The van der Waals surface area contributed by atoms with E-state index in [1.807, 2.05) is 34.9 Å². The molecule has 4 aromatic rings. The fraction of sp³-hybridized carbons (Fsp3) is 0.357. The maximum absolute atomic E-state index is 13.3. The van der Waals surface area contributed by atoms with Gasteiger partial charge in [0, 0.05) is 29.4 Å². The molecule has 1 amide bonds. The highest BCUT2D eigenvalue weighted by atomic mass is 16.1. The van der Waals surface area contributed by atoms with E-state index in [0.717, 1.165) is 48.1 Å². The number of hydrogen-bond donors (Lipinski definition) is 3. The molecule has 1 saturated carbocycles. The van der Waals surface area contributed by atoms with Crippen molar-refractivity contribution >= 4 is 28.1 Å². The minimum atomic E-state index is -0.180. The molecule has 6 nitrogen and oxygen atoms in total. The molecule has 1 aliphatic carbocycles. The zero-order chi connectivity index (χ0) is 23.9. The number of nitrogens with zero attached hydrogens (tertiary/aromatic N) is 2. The Morgan fingerprint density at radius 3 is 2.47 bits per heavy atom. The van der Waals surface area contributed by atoms with E-state index in [1.54, 1.807) is 0 Å². The number of benzene rings is 2. The van der Waals surface area contributed by atoms with E-state index in [2.05, 4.69) is 61.7 Å². The zero-order valence-electron chi connectivity index (χ0n) is 20.1. The minimum absolute atomic E-state index is 0.0801. The van der Waals surface area contributed by atoms with Crippen LogP contribution in [0.1, 0.15) is 56.8 Å². The Kier molecular flexibility index (Phi) is 5.78. The summed E-state index contributed by atoms with van der Waals surface area (Å²) < 4.78 is 2.00. The number of aromatic nitrogens is 2. The Bertz CT molecular complexity index is 1340. The van der Waals surface area contributed by atoms with Crippen molar-refractivity contribution in [1.29, 1.82) is 0 Å². The third-order valence-electron chi connectivity index (χ3n) is 6.52. The molecule has 1 aliphatic rings. The number of hydrogen-bond acceptors (Lipinski definition) is 4. The molecule has 0 aliphatic heterocycles. The highest BCUT2D eigenvalue weighted by Gasteiger charge is 2.25. The maximum atomic E-state index is 13.3. The van der Waals surface area contributed by atoms with Crippen LogP contribution in [0, 0.1) is 0 Å². The van der Waals surface area contributed by atoms with Crippen LogP contribution in [0.15, 0.2) is 60.8 Å². The third-order valence-corrected chi connectivity index (χ3v) is 6.52. The summed E-state index contributed by atoms with van der Waals surface area (Å²) in [6.45, 7) is 6.38. The van der Waals surface area contributed by atoms with Gasteiger partial charge in [-0.3, -0.25) is 9.20 Å². The normalized spacial score (nSPS) is 18.8. The van der Waals surface area contributed by atoms with Crippen molar-refractivity contribution in [2.75, 3.05) is 5.32 Å². The first-order chi connectivity index (χ1) is 16.3. The molecule has 0 unspecified atom stereocenters. The van der Waals surface area contributed by atoms with E-state index in [4.69, 9.17) is 10.7 Å². The van der Waals surface area contributed by atoms with E-state index in [1.165, 1.54) is 5.39 Å². The molecular weight excluding hydrogens is 422 g/mol. The van der Waals surface area contributed by atoms with Crippen molar-refractivity contribution < 1.29 is 4.79 Å². The van der Waals surface area contributed by atoms with Crippen LogP contribution in [0.5, 0.6) is 0 Å². The predicted octanol–water partition coefficient (Wildman–Crippen LogP) is 5.36. The van der Waals surface area contributed by atoms with Gasteiger partial charge >= 0.3 is 0 Å². The van der Waals surface area contributed by atoms with Gasteiger partial charge in [-0.1, -0.05) is 36.4 Å². The number of rotatable bonds is 4. The minimum Gasteiger partial charge on any atom is -0.365 e. The van der Waals surface area contributed by atoms with Crippen LogP contribution in [-0.2, 0) is 0 Å². The summed E-state index contributed by atoms with van der Waals surface area (Å²) in [6, 6.07) is 18.9. The molecule has 6 heteroatoms. The second kappa shape index (κ2) is 8.76. The van der Waals surface area contributed by atoms with Crippen LogP contribution >= 0.6 is 0 Å². The summed E-state index contributed by atoms with van der Waals surface area (Å²) in [5.74, 6) is 0.805. The van der Waals surface area contributed by atoms with Crippen molar-refractivity contribution in [3.63, 3.8) is 0 Å². The van der Waals surface area contributed by atoms with Gasteiger partial charge in [-0.05, 0) is 75.4 Å². The average Bonchev–Trinajstić information content (AvgIpc) is 3.17. The lowest BCUT2D eigenvalue weighted by atomic mass is 9.91. The van der Waals surface area contributed by atoms with Crippen LogP contribution in [0.25, 0.3) is 27.7 Å². The summed E-state index contributed by atoms with van der Waals surface area (Å²) in [5, 5.41) is 9.19. The Balaban J connectivity index is 1.59. The fourth-order valence-corrected chi connectivity index (χ4v) is 4.78. The summed E-state index contributed by atoms with van der Waals surface area (Å²) in [4.78, 5) is 18.3. The second-order valence-corrected chi connectivity index (χ2v) is 10.4. The molecule has 0 saturated heterocycles. The number of pyridine rings is 1. The Hall–Kier alpha value is -3.38. The molecule has 0 atom stereocenters. The van der Waals surface area contributed by atoms with Crippen molar-refractivity contribution in [1.82, 2.24) is 14.7 Å². The van der Waals surface area contributed by atoms with E-state index in [0.29, 0.717) is 11.2 Å². The Labute approximate surface area is 200 Å². The van der Waals surface area contributed by atoms with Gasteiger partial charge in [0.15, 0.2) is 5.65 Å². The van der Waals surface area contributed by atoms with Crippen molar-refractivity contribution in [3.8, 4) is 11.3 Å². The summed E-state index contributed by atoms with van der Waals surface area (Å²) in [5.41, 5.74) is 8.95. The molecule has 176 valence electrons. The maximum Gasteiger partial charge on any atom is 0.255 e. The Morgan fingerprint density at radius 2 is 1.74 bits per heavy atom. The molecule has 0 spiro atoms. The van der Waals surface area contributed by atoms with E-state index >= 15 is 0 Å². The third kappa shape index (κ3) is 4.50. The number of nitrogens with two attached hydrogens (primary N) is 1. The van der Waals surface area contributed by atoms with Crippen LogP contribution in [0.3, 0.4) is 0 Å². The SMILES string of the molecule is CC(C)(C)Nc1c(-c2ccc3ccccc3c2)nc2c(C(=O)NC3CCC(N)CC3)cccn12.